The van der Waals surface area contributed by atoms with E-state index < -0.39 is 0 Å². The van der Waals surface area contributed by atoms with Crippen molar-refractivity contribution in [2.45, 2.75) is 26.3 Å². The highest BCUT2D eigenvalue weighted by Crippen LogP contribution is 2.22. The van der Waals surface area contributed by atoms with Gasteiger partial charge in [-0.2, -0.15) is 0 Å². The van der Waals surface area contributed by atoms with Gasteiger partial charge in [0.25, 0.3) is 0 Å². The van der Waals surface area contributed by atoms with Gasteiger partial charge in [0.15, 0.2) is 0 Å². The molecule has 1 aliphatic rings. The first kappa shape index (κ1) is 6.81. The number of allylic oxidation sites excluding steroid dienone is 1. The third kappa shape index (κ3) is 1.55. The second-order valence-electron chi connectivity index (χ2n) is 3.12. The van der Waals surface area contributed by atoms with Crippen LogP contribution in [0.5, 0.6) is 0 Å². The van der Waals surface area contributed by atoms with Gasteiger partial charge in [-0.1, -0.05) is 26.0 Å². The zero-order valence-corrected chi connectivity index (χ0v) is 6.17. The molecule has 3 unspecified atom stereocenters. The Bertz CT molecular complexity index is 118. The maximum atomic E-state index is 5.70. The van der Waals surface area contributed by atoms with Crippen LogP contribution in [0, 0.1) is 11.8 Å². The van der Waals surface area contributed by atoms with Gasteiger partial charge in [-0.15, -0.1) is 0 Å². The first-order valence-electron chi connectivity index (χ1n) is 3.64. The van der Waals surface area contributed by atoms with E-state index in [1.165, 1.54) is 0 Å². The fourth-order valence-corrected chi connectivity index (χ4v) is 1.23. The predicted molar refractivity (Wildman–Crippen MR) is 40.1 cm³/mol. The van der Waals surface area contributed by atoms with Crippen molar-refractivity contribution in [3.8, 4) is 0 Å². The molecule has 0 saturated carbocycles. The summed E-state index contributed by atoms with van der Waals surface area (Å²) in [5.41, 5.74) is 5.70. The molecule has 2 N–H and O–H groups in total. The Labute approximate surface area is 56.9 Å². The van der Waals surface area contributed by atoms with Crippen LogP contribution in [0.2, 0.25) is 0 Å². The van der Waals surface area contributed by atoms with Crippen LogP contribution in [0.15, 0.2) is 12.2 Å². The van der Waals surface area contributed by atoms with Gasteiger partial charge in [-0.05, 0) is 18.3 Å². The summed E-state index contributed by atoms with van der Waals surface area (Å²) < 4.78 is 0. The molecule has 0 bridgehead atoms. The highest BCUT2D eigenvalue weighted by Gasteiger charge is 2.16. The number of hydrogen-bond acceptors (Lipinski definition) is 1. The highest BCUT2D eigenvalue weighted by molar-refractivity contribution is 5.01. The second kappa shape index (κ2) is 2.53. The van der Waals surface area contributed by atoms with Crippen LogP contribution in [0.25, 0.3) is 0 Å². The molecule has 0 heterocycles. The summed E-state index contributed by atoms with van der Waals surface area (Å²) >= 11 is 0. The van der Waals surface area contributed by atoms with Crippen molar-refractivity contribution in [1.82, 2.24) is 0 Å². The van der Waals surface area contributed by atoms with Crippen LogP contribution in [0.4, 0.5) is 0 Å². The molecule has 0 spiro atoms. The molecule has 1 rings (SSSR count). The minimum absolute atomic E-state index is 0.316. The minimum Gasteiger partial charge on any atom is -0.324 e. The Hall–Kier alpha value is -0.300. The van der Waals surface area contributed by atoms with Crippen LogP contribution in [0.3, 0.4) is 0 Å². The molecule has 52 valence electrons. The molecule has 0 aromatic carbocycles. The molecule has 0 aromatic rings. The topological polar surface area (TPSA) is 26.0 Å². The van der Waals surface area contributed by atoms with Gasteiger partial charge in [-0.3, -0.25) is 0 Å². The Morgan fingerprint density at radius 3 is 2.44 bits per heavy atom. The van der Waals surface area contributed by atoms with Crippen molar-refractivity contribution >= 4 is 0 Å². The molecule has 0 saturated heterocycles. The van der Waals surface area contributed by atoms with E-state index in [0.717, 1.165) is 18.3 Å². The van der Waals surface area contributed by atoms with E-state index >= 15 is 0 Å². The Balaban J connectivity index is 2.54. The summed E-state index contributed by atoms with van der Waals surface area (Å²) in [6, 6.07) is 0.316. The molecule has 3 atom stereocenters. The fourth-order valence-electron chi connectivity index (χ4n) is 1.23. The normalized spacial score (nSPS) is 43.2. The third-order valence-corrected chi connectivity index (χ3v) is 2.20. The fraction of sp³-hybridized carbons (Fsp3) is 0.750. The SMILES string of the molecule is CC1C=CC(N)CC1C. The molecule has 0 aromatic heterocycles. The largest absolute Gasteiger partial charge is 0.324 e. The molecule has 9 heavy (non-hydrogen) atoms. The average molecular weight is 125 g/mol. The molecule has 0 amide bonds. The maximum Gasteiger partial charge on any atom is 0.0226 e. The van der Waals surface area contributed by atoms with E-state index in [9.17, 15) is 0 Å². The summed E-state index contributed by atoms with van der Waals surface area (Å²) in [5, 5.41) is 0. The molecule has 1 nitrogen and oxygen atoms in total. The summed E-state index contributed by atoms with van der Waals surface area (Å²) in [6.07, 6.45) is 5.49. The number of rotatable bonds is 0. The van der Waals surface area contributed by atoms with E-state index in [-0.39, 0.29) is 0 Å². The van der Waals surface area contributed by atoms with E-state index in [1.807, 2.05) is 0 Å². The molecule has 1 aliphatic carbocycles. The Morgan fingerprint density at radius 2 is 2.00 bits per heavy atom. The summed E-state index contributed by atoms with van der Waals surface area (Å²) in [7, 11) is 0. The lowest BCUT2D eigenvalue weighted by atomic mass is 9.85. The van der Waals surface area contributed by atoms with Crippen LogP contribution < -0.4 is 5.73 Å². The highest BCUT2D eigenvalue weighted by atomic mass is 14.6. The van der Waals surface area contributed by atoms with Gasteiger partial charge in [0.1, 0.15) is 0 Å². The first-order valence-corrected chi connectivity index (χ1v) is 3.64. The second-order valence-corrected chi connectivity index (χ2v) is 3.12. The molecule has 0 radical (unpaired) electrons. The van der Waals surface area contributed by atoms with E-state index in [1.54, 1.807) is 0 Å². The summed E-state index contributed by atoms with van der Waals surface area (Å²) in [5.74, 6) is 1.50. The van der Waals surface area contributed by atoms with Crippen molar-refractivity contribution < 1.29 is 0 Å². The lowest BCUT2D eigenvalue weighted by Gasteiger charge is -2.23. The standard InChI is InChI=1S/C8H15N/c1-6-3-4-8(9)5-7(6)2/h3-4,6-8H,5,9H2,1-2H3. The molecular formula is C8H15N. The average Bonchev–Trinajstić information content (AvgIpc) is 1.80. The third-order valence-electron chi connectivity index (χ3n) is 2.20. The minimum atomic E-state index is 0.316. The van der Waals surface area contributed by atoms with Crippen LogP contribution in [-0.4, -0.2) is 6.04 Å². The van der Waals surface area contributed by atoms with Gasteiger partial charge in [0.05, 0.1) is 0 Å². The van der Waals surface area contributed by atoms with Crippen molar-refractivity contribution in [2.24, 2.45) is 17.6 Å². The van der Waals surface area contributed by atoms with Crippen molar-refractivity contribution in [3.05, 3.63) is 12.2 Å². The summed E-state index contributed by atoms with van der Waals surface area (Å²) in [6.45, 7) is 4.50. The van der Waals surface area contributed by atoms with Crippen LogP contribution >= 0.6 is 0 Å². The predicted octanol–water partition coefficient (Wildman–Crippen LogP) is 1.55. The van der Waals surface area contributed by atoms with Gasteiger partial charge in [0, 0.05) is 6.04 Å². The first-order chi connectivity index (χ1) is 4.20. The Morgan fingerprint density at radius 1 is 1.33 bits per heavy atom. The van der Waals surface area contributed by atoms with Crippen molar-refractivity contribution in [1.29, 1.82) is 0 Å². The zero-order valence-electron chi connectivity index (χ0n) is 6.17. The smallest absolute Gasteiger partial charge is 0.0226 e. The zero-order chi connectivity index (χ0) is 6.85. The maximum absolute atomic E-state index is 5.70. The lowest BCUT2D eigenvalue weighted by Crippen LogP contribution is -2.26. The van der Waals surface area contributed by atoms with Gasteiger partial charge < -0.3 is 5.73 Å². The Kier molecular flexibility index (Phi) is 1.91. The van der Waals surface area contributed by atoms with E-state index in [4.69, 9.17) is 5.73 Å². The number of nitrogens with two attached hydrogens (primary N) is 1. The van der Waals surface area contributed by atoms with E-state index in [2.05, 4.69) is 26.0 Å². The number of hydrogen-bond donors (Lipinski definition) is 1. The molecule has 0 aliphatic heterocycles. The lowest BCUT2D eigenvalue weighted by molar-refractivity contribution is 0.390. The van der Waals surface area contributed by atoms with Gasteiger partial charge >= 0.3 is 0 Å². The van der Waals surface area contributed by atoms with Gasteiger partial charge in [0.2, 0.25) is 0 Å². The molecule has 0 fully saturated rings. The van der Waals surface area contributed by atoms with Gasteiger partial charge in [-0.25, -0.2) is 0 Å². The molecule has 1 heteroatoms. The van der Waals surface area contributed by atoms with E-state index in [0.29, 0.717) is 6.04 Å². The monoisotopic (exact) mass is 125 g/mol. The quantitative estimate of drug-likeness (QED) is 0.488. The van der Waals surface area contributed by atoms with Crippen LogP contribution in [0.1, 0.15) is 20.3 Å². The molecular weight excluding hydrogens is 110 g/mol. The summed E-state index contributed by atoms with van der Waals surface area (Å²) in [4.78, 5) is 0. The van der Waals surface area contributed by atoms with Crippen molar-refractivity contribution in [2.75, 3.05) is 0 Å². The van der Waals surface area contributed by atoms with Crippen LogP contribution in [-0.2, 0) is 0 Å². The van der Waals surface area contributed by atoms with Crippen molar-refractivity contribution in [3.63, 3.8) is 0 Å².